The van der Waals surface area contributed by atoms with Crippen molar-refractivity contribution in [3.63, 3.8) is 0 Å². The molecule has 246 valence electrons. The van der Waals surface area contributed by atoms with E-state index in [-0.39, 0.29) is 12.4 Å². The van der Waals surface area contributed by atoms with Crippen molar-refractivity contribution in [1.29, 1.82) is 0 Å². The summed E-state index contributed by atoms with van der Waals surface area (Å²) in [5.41, 5.74) is 1.52. The highest BCUT2D eigenvalue weighted by Gasteiger charge is 2.46. The number of para-hydroxylation sites is 1. The number of nitrogens with zero attached hydrogens (tertiary/aromatic N) is 4. The number of esters is 1. The van der Waals surface area contributed by atoms with Gasteiger partial charge in [0.05, 0.1) is 25.7 Å². The Hall–Kier alpha value is -4.63. The molecule has 1 aliphatic rings. The van der Waals surface area contributed by atoms with Crippen LogP contribution in [0.4, 0.5) is 5.82 Å². The molecule has 6 atom stereocenters. The second-order valence-electron chi connectivity index (χ2n) is 10.7. The van der Waals surface area contributed by atoms with Crippen molar-refractivity contribution in [2.45, 2.75) is 50.7 Å². The summed E-state index contributed by atoms with van der Waals surface area (Å²) in [6.07, 6.45) is -0.839. The van der Waals surface area contributed by atoms with Gasteiger partial charge in [-0.1, -0.05) is 48.5 Å². The van der Waals surface area contributed by atoms with Crippen molar-refractivity contribution in [3.05, 3.63) is 103 Å². The SMILES string of the molecule is C[C@H](NP(=O)(OC[C@H]1O[C@@H](n2cnc3c(NCc4ccco4)ncnc32)[C@H](O)[C@@H]1O)Oc1ccccc1)C(=O)OCc1ccccc1. The lowest BCUT2D eigenvalue weighted by Gasteiger charge is -2.24. The van der Waals surface area contributed by atoms with Crippen LogP contribution in [0.5, 0.6) is 5.75 Å². The minimum Gasteiger partial charge on any atom is -0.467 e. The maximum Gasteiger partial charge on any atom is 0.459 e. The summed E-state index contributed by atoms with van der Waals surface area (Å²) in [5.74, 6) is 0.645. The second kappa shape index (κ2) is 14.4. The van der Waals surface area contributed by atoms with Gasteiger partial charge in [0.25, 0.3) is 0 Å². The first-order chi connectivity index (χ1) is 22.8. The lowest BCUT2D eigenvalue weighted by atomic mass is 10.1. The van der Waals surface area contributed by atoms with E-state index in [1.54, 1.807) is 42.7 Å². The molecule has 4 N–H and O–H groups in total. The minimum atomic E-state index is -4.28. The lowest BCUT2D eigenvalue weighted by molar-refractivity contribution is -0.146. The summed E-state index contributed by atoms with van der Waals surface area (Å²) in [4.78, 5) is 25.7. The first-order valence-corrected chi connectivity index (χ1v) is 16.3. The zero-order chi connectivity index (χ0) is 32.8. The Labute approximate surface area is 269 Å². The van der Waals surface area contributed by atoms with E-state index < -0.39 is 50.9 Å². The monoisotopic (exact) mass is 664 g/mol. The van der Waals surface area contributed by atoms with Crippen LogP contribution in [0.25, 0.3) is 11.2 Å². The number of aromatic nitrogens is 4. The smallest absolute Gasteiger partial charge is 0.459 e. The third-order valence-corrected chi connectivity index (χ3v) is 8.93. The van der Waals surface area contributed by atoms with Crippen molar-refractivity contribution in [2.24, 2.45) is 0 Å². The molecule has 6 rings (SSSR count). The van der Waals surface area contributed by atoms with Crippen LogP contribution in [0.2, 0.25) is 0 Å². The van der Waals surface area contributed by atoms with Gasteiger partial charge in [-0.05, 0) is 36.8 Å². The number of hydrogen-bond donors (Lipinski definition) is 4. The van der Waals surface area contributed by atoms with E-state index in [2.05, 4.69) is 25.4 Å². The first-order valence-electron chi connectivity index (χ1n) is 14.7. The van der Waals surface area contributed by atoms with Crippen LogP contribution in [0.1, 0.15) is 24.5 Å². The number of ether oxygens (including phenoxy) is 2. The molecule has 0 bridgehead atoms. The number of carbonyl (C=O) groups is 1. The van der Waals surface area contributed by atoms with Crippen LogP contribution in [0.3, 0.4) is 0 Å². The Morgan fingerprint density at radius 3 is 2.53 bits per heavy atom. The van der Waals surface area contributed by atoms with E-state index in [4.69, 9.17) is 22.9 Å². The van der Waals surface area contributed by atoms with Gasteiger partial charge in [-0.3, -0.25) is 13.9 Å². The van der Waals surface area contributed by atoms with Crippen LogP contribution in [-0.2, 0) is 36.5 Å². The Morgan fingerprint density at radius 2 is 1.79 bits per heavy atom. The number of furan rings is 1. The zero-order valence-electron chi connectivity index (χ0n) is 25.2. The summed E-state index contributed by atoms with van der Waals surface area (Å²) in [6.45, 7) is 1.36. The third kappa shape index (κ3) is 7.68. The van der Waals surface area contributed by atoms with Gasteiger partial charge in [-0.15, -0.1) is 0 Å². The quantitative estimate of drug-likeness (QED) is 0.0994. The molecule has 0 aliphatic carbocycles. The zero-order valence-corrected chi connectivity index (χ0v) is 26.1. The predicted octanol–water partition coefficient (Wildman–Crippen LogP) is 3.58. The van der Waals surface area contributed by atoms with Gasteiger partial charge in [0.15, 0.2) is 23.2 Å². The molecular formula is C31H33N6O9P. The topological polar surface area (TPSA) is 192 Å². The summed E-state index contributed by atoms with van der Waals surface area (Å²) in [6, 6.07) is 19.8. The van der Waals surface area contributed by atoms with Gasteiger partial charge in [0, 0.05) is 0 Å². The van der Waals surface area contributed by atoms with Gasteiger partial charge in [-0.2, -0.15) is 5.09 Å². The molecule has 2 aromatic carbocycles. The van der Waals surface area contributed by atoms with Gasteiger partial charge in [0.1, 0.15) is 48.8 Å². The van der Waals surface area contributed by atoms with Gasteiger partial charge in [-0.25, -0.2) is 19.5 Å². The number of fused-ring (bicyclic) bond motifs is 1. The highest BCUT2D eigenvalue weighted by molar-refractivity contribution is 7.52. The average molecular weight is 665 g/mol. The molecular weight excluding hydrogens is 631 g/mol. The molecule has 16 heteroatoms. The predicted molar refractivity (Wildman–Crippen MR) is 167 cm³/mol. The second-order valence-corrected chi connectivity index (χ2v) is 12.4. The highest BCUT2D eigenvalue weighted by atomic mass is 31.2. The van der Waals surface area contributed by atoms with Gasteiger partial charge < -0.3 is 33.9 Å². The summed E-state index contributed by atoms with van der Waals surface area (Å²) in [7, 11) is -4.28. The number of rotatable bonds is 14. The maximum atomic E-state index is 14.0. The van der Waals surface area contributed by atoms with Gasteiger partial charge >= 0.3 is 13.7 Å². The van der Waals surface area contributed by atoms with Crippen molar-refractivity contribution in [3.8, 4) is 5.75 Å². The molecule has 1 saturated heterocycles. The molecule has 3 aromatic heterocycles. The normalized spacial score (nSPS) is 21.3. The van der Waals surface area contributed by atoms with Gasteiger partial charge in [0.2, 0.25) is 0 Å². The molecule has 47 heavy (non-hydrogen) atoms. The lowest BCUT2D eigenvalue weighted by Crippen LogP contribution is -2.37. The fourth-order valence-corrected chi connectivity index (χ4v) is 6.38. The number of imidazole rings is 1. The van der Waals surface area contributed by atoms with Crippen molar-refractivity contribution in [1.82, 2.24) is 24.6 Å². The average Bonchev–Trinajstić information content (AvgIpc) is 3.83. The van der Waals surface area contributed by atoms with E-state index in [0.717, 1.165) is 5.56 Å². The van der Waals surface area contributed by atoms with E-state index in [9.17, 15) is 19.6 Å². The Kier molecular flexibility index (Phi) is 9.92. The van der Waals surface area contributed by atoms with Crippen molar-refractivity contribution in [2.75, 3.05) is 11.9 Å². The molecule has 1 fully saturated rings. The standard InChI is InChI=1S/C31H33N6O9P/c1-20(31(40)43-16-21-9-4-2-5-10-21)36-47(41,46-22-11-6-3-7-12-22)44-17-24-26(38)27(39)30(45-24)37-19-35-25-28(33-18-34-29(25)37)32-15-23-13-8-14-42-23/h2-14,18-20,24,26-27,30,38-39H,15-17H2,1H3,(H,36,41)(H,32,33,34)/t20-,24+,26+,27+,30+,47?/m0/s1. The summed E-state index contributed by atoms with van der Waals surface area (Å²) in [5, 5.41) is 27.6. The molecule has 1 unspecified atom stereocenters. The Morgan fingerprint density at radius 1 is 1.02 bits per heavy atom. The number of nitrogens with one attached hydrogen (secondary N) is 2. The van der Waals surface area contributed by atoms with E-state index in [0.29, 0.717) is 29.3 Å². The largest absolute Gasteiger partial charge is 0.467 e. The molecule has 0 amide bonds. The third-order valence-electron chi connectivity index (χ3n) is 7.29. The fourth-order valence-electron chi connectivity index (χ4n) is 4.87. The number of hydrogen-bond acceptors (Lipinski definition) is 13. The number of aliphatic hydroxyl groups is 2. The van der Waals surface area contributed by atoms with Crippen molar-refractivity contribution < 1.29 is 42.5 Å². The number of anilines is 1. The Balaban J connectivity index is 1.13. The number of aliphatic hydroxyl groups excluding tert-OH is 2. The first kappa shape index (κ1) is 32.3. The number of carbonyl (C=O) groups excluding carboxylic acids is 1. The molecule has 0 radical (unpaired) electrons. The summed E-state index contributed by atoms with van der Waals surface area (Å²) >= 11 is 0. The molecule has 0 spiro atoms. The highest BCUT2D eigenvalue weighted by Crippen LogP contribution is 2.46. The van der Waals surface area contributed by atoms with Crippen molar-refractivity contribution >= 4 is 30.7 Å². The van der Waals surface area contributed by atoms with E-state index in [1.165, 1.54) is 24.1 Å². The molecule has 4 heterocycles. The Bertz CT molecular complexity index is 1810. The van der Waals surface area contributed by atoms with E-state index in [1.807, 2.05) is 36.4 Å². The molecule has 5 aromatic rings. The number of benzene rings is 2. The van der Waals surface area contributed by atoms with Crippen LogP contribution in [0.15, 0.2) is 96.1 Å². The molecule has 0 saturated carbocycles. The van der Waals surface area contributed by atoms with Crippen LogP contribution >= 0.6 is 7.75 Å². The van der Waals surface area contributed by atoms with Crippen LogP contribution < -0.4 is 14.9 Å². The van der Waals surface area contributed by atoms with E-state index >= 15 is 0 Å². The minimum absolute atomic E-state index is 0.0210. The molecule has 1 aliphatic heterocycles. The summed E-state index contributed by atoms with van der Waals surface area (Å²) < 4.78 is 43.6. The van der Waals surface area contributed by atoms with Crippen LogP contribution in [0, 0.1) is 0 Å². The van der Waals surface area contributed by atoms with Crippen LogP contribution in [-0.4, -0.2) is 66.7 Å². The maximum absolute atomic E-state index is 14.0. The fraction of sp³-hybridized carbons (Fsp3) is 0.290. The molecule has 15 nitrogen and oxygen atoms in total.